The highest BCUT2D eigenvalue weighted by Crippen LogP contribution is 2.37. The average molecular weight is 531 g/mol. The van der Waals surface area contributed by atoms with Crippen LogP contribution in [0.15, 0.2) is 66.9 Å². The summed E-state index contributed by atoms with van der Waals surface area (Å²) in [6, 6.07) is 15.4. The van der Waals surface area contributed by atoms with Crippen LogP contribution in [0.3, 0.4) is 0 Å². The van der Waals surface area contributed by atoms with E-state index in [9.17, 15) is 31.5 Å². The van der Waals surface area contributed by atoms with Crippen LogP contribution in [0.4, 0.5) is 22.0 Å². The Labute approximate surface area is 211 Å². The maximum atomic E-state index is 14.9. The molecule has 12 heteroatoms. The molecule has 1 unspecified atom stereocenters. The second-order valence-corrected chi connectivity index (χ2v) is 8.65. The number of para-hydroxylation sites is 1. The molecule has 0 N–H and O–H groups in total. The smallest absolute Gasteiger partial charge is 0.463 e. The van der Waals surface area contributed by atoms with Crippen LogP contribution >= 0.6 is 0 Å². The number of pyridine rings is 2. The number of hydrogen-bond donors (Lipinski definition) is 0. The second kappa shape index (κ2) is 9.51. The molecule has 0 aliphatic carbocycles. The lowest BCUT2D eigenvalue weighted by Gasteiger charge is -2.38. The van der Waals surface area contributed by atoms with Crippen molar-refractivity contribution < 1.29 is 41.0 Å². The van der Waals surface area contributed by atoms with Gasteiger partial charge in [-0.1, -0.05) is 24.3 Å². The molecule has 4 aromatic rings. The van der Waals surface area contributed by atoms with Crippen LogP contribution in [-0.4, -0.2) is 58.0 Å². The minimum absolute atomic E-state index is 0.214. The van der Waals surface area contributed by atoms with Crippen LogP contribution in [0, 0.1) is 0 Å². The summed E-state index contributed by atoms with van der Waals surface area (Å²) in [4.78, 5) is 34.0. The number of esters is 1. The molecule has 5 rings (SSSR count). The maximum Gasteiger partial charge on any atom is 0.491 e. The predicted molar refractivity (Wildman–Crippen MR) is 125 cm³/mol. The molecule has 1 saturated heterocycles. The molecule has 196 valence electrons. The van der Waals surface area contributed by atoms with Crippen molar-refractivity contribution in [3.63, 3.8) is 0 Å². The van der Waals surface area contributed by atoms with Crippen molar-refractivity contribution in [1.29, 1.82) is 0 Å². The zero-order chi connectivity index (χ0) is 27.1. The number of piperidine rings is 1. The summed E-state index contributed by atoms with van der Waals surface area (Å²) in [6.45, 7) is -0.865. The van der Waals surface area contributed by atoms with Crippen molar-refractivity contribution in [2.75, 3.05) is 13.1 Å². The van der Waals surface area contributed by atoms with Crippen LogP contribution in [0.1, 0.15) is 16.8 Å². The van der Waals surface area contributed by atoms with Crippen molar-refractivity contribution in [1.82, 2.24) is 14.9 Å². The molecule has 0 bridgehead atoms. The molecule has 0 radical (unpaired) electrons. The lowest BCUT2D eigenvalue weighted by molar-refractivity contribution is -0.190. The third-order valence-corrected chi connectivity index (χ3v) is 6.05. The number of nitrogens with zero attached hydrogens (tertiary/aromatic N) is 3. The molecular weight excluding hydrogens is 513 g/mol. The number of fused-ring (bicyclic) bond motifs is 2. The van der Waals surface area contributed by atoms with Crippen molar-refractivity contribution >= 4 is 33.7 Å². The molecule has 1 aliphatic rings. The molecule has 2 aromatic carbocycles. The summed E-state index contributed by atoms with van der Waals surface area (Å²) < 4.78 is 78.2. The summed E-state index contributed by atoms with van der Waals surface area (Å²) in [5.74, 6) is -8.04. The number of ether oxygens (including phenoxy) is 2. The zero-order valence-electron chi connectivity index (χ0n) is 19.4. The minimum Gasteiger partial charge on any atom is -0.463 e. The first kappa shape index (κ1) is 25.3. The van der Waals surface area contributed by atoms with E-state index in [-0.39, 0.29) is 17.6 Å². The van der Waals surface area contributed by atoms with Gasteiger partial charge < -0.3 is 14.4 Å². The number of carbonyl (C=O) groups excluding carboxylic acids is 2. The first-order valence-corrected chi connectivity index (χ1v) is 11.4. The maximum absolute atomic E-state index is 14.9. The molecule has 7 nitrogen and oxygen atoms in total. The monoisotopic (exact) mass is 531 g/mol. The van der Waals surface area contributed by atoms with Gasteiger partial charge in [-0.25, -0.2) is 18.6 Å². The van der Waals surface area contributed by atoms with Gasteiger partial charge in [0, 0.05) is 35.5 Å². The van der Waals surface area contributed by atoms with Gasteiger partial charge in [0.15, 0.2) is 11.9 Å². The van der Waals surface area contributed by atoms with Crippen molar-refractivity contribution in [3.05, 3.63) is 72.4 Å². The number of aromatic nitrogens is 2. The SMILES string of the molecule is O=C(c1ccc2ncccc2c1)N1CCC(F)(F)C(Oc2nc3ccccc3cc2OC(=O)C(F)(F)F)C1. The number of alkyl halides is 5. The Kier molecular flexibility index (Phi) is 6.33. The molecule has 1 amide bonds. The quantitative estimate of drug-likeness (QED) is 0.267. The number of amides is 1. The number of hydrogen-bond acceptors (Lipinski definition) is 6. The van der Waals surface area contributed by atoms with Gasteiger partial charge in [0.2, 0.25) is 0 Å². The summed E-state index contributed by atoms with van der Waals surface area (Å²) in [5, 5.41) is 0.979. The highest BCUT2D eigenvalue weighted by atomic mass is 19.4. The number of carbonyl (C=O) groups is 2. The van der Waals surface area contributed by atoms with Gasteiger partial charge in [-0.05, 0) is 36.4 Å². The van der Waals surface area contributed by atoms with Gasteiger partial charge in [0.05, 0.1) is 17.6 Å². The van der Waals surface area contributed by atoms with E-state index in [0.29, 0.717) is 16.3 Å². The predicted octanol–water partition coefficient (Wildman–Crippen LogP) is 5.18. The lowest BCUT2D eigenvalue weighted by Crippen LogP contribution is -2.55. The van der Waals surface area contributed by atoms with E-state index in [1.807, 2.05) is 0 Å². The van der Waals surface area contributed by atoms with Crippen LogP contribution in [-0.2, 0) is 4.79 Å². The van der Waals surface area contributed by atoms with Crippen molar-refractivity contribution in [2.24, 2.45) is 0 Å². The van der Waals surface area contributed by atoms with Gasteiger partial charge in [0.25, 0.3) is 17.7 Å². The fourth-order valence-corrected chi connectivity index (χ4v) is 4.10. The minimum atomic E-state index is -5.34. The molecule has 0 saturated carbocycles. The first-order valence-electron chi connectivity index (χ1n) is 11.4. The van der Waals surface area contributed by atoms with Gasteiger partial charge in [0.1, 0.15) is 0 Å². The molecule has 3 heterocycles. The van der Waals surface area contributed by atoms with E-state index in [2.05, 4.69) is 14.7 Å². The van der Waals surface area contributed by atoms with Gasteiger partial charge in [-0.15, -0.1) is 0 Å². The van der Waals surface area contributed by atoms with E-state index in [0.717, 1.165) is 6.07 Å². The lowest BCUT2D eigenvalue weighted by atomic mass is 10.0. The molecule has 0 spiro atoms. The third kappa shape index (κ3) is 5.06. The van der Waals surface area contributed by atoms with Gasteiger partial charge in [-0.3, -0.25) is 9.78 Å². The average Bonchev–Trinajstić information content (AvgIpc) is 2.88. The number of halogens is 5. The summed E-state index contributed by atoms with van der Waals surface area (Å²) in [5.41, 5.74) is 1.11. The highest BCUT2D eigenvalue weighted by Gasteiger charge is 2.48. The van der Waals surface area contributed by atoms with Crippen LogP contribution in [0.2, 0.25) is 0 Å². The van der Waals surface area contributed by atoms with E-state index < -0.39 is 54.7 Å². The van der Waals surface area contributed by atoms with Gasteiger partial charge >= 0.3 is 12.1 Å². The Bertz CT molecular complexity index is 1540. The summed E-state index contributed by atoms with van der Waals surface area (Å²) >= 11 is 0. The summed E-state index contributed by atoms with van der Waals surface area (Å²) in [7, 11) is 0. The molecule has 2 aromatic heterocycles. The van der Waals surface area contributed by atoms with Crippen LogP contribution in [0.25, 0.3) is 21.8 Å². The van der Waals surface area contributed by atoms with E-state index >= 15 is 0 Å². The standard InChI is InChI=1S/C26H18F5N3O4/c27-25(28)9-11-34(23(35)17-7-8-18-15(12-17)5-3-10-32-18)14-21(25)38-22-20(37-24(36)26(29,30)31)13-16-4-1-2-6-19(16)33-22/h1-8,10,12-13,21H,9,11,14H2. The van der Waals surface area contributed by atoms with E-state index in [1.54, 1.807) is 42.6 Å². The fraction of sp³-hybridized carbons (Fsp3) is 0.231. The number of benzene rings is 2. The third-order valence-electron chi connectivity index (χ3n) is 6.05. The Morgan fingerprint density at radius 3 is 2.50 bits per heavy atom. The topological polar surface area (TPSA) is 81.6 Å². The zero-order valence-corrected chi connectivity index (χ0v) is 19.4. The number of likely N-dealkylation sites (tertiary alicyclic amines) is 1. The Morgan fingerprint density at radius 1 is 0.974 bits per heavy atom. The van der Waals surface area contributed by atoms with E-state index in [1.165, 1.54) is 23.1 Å². The van der Waals surface area contributed by atoms with E-state index in [4.69, 9.17) is 4.74 Å². The largest absolute Gasteiger partial charge is 0.491 e. The van der Waals surface area contributed by atoms with Gasteiger partial charge in [-0.2, -0.15) is 13.2 Å². The highest BCUT2D eigenvalue weighted by molar-refractivity contribution is 5.98. The summed E-state index contributed by atoms with van der Waals surface area (Å²) in [6.07, 6.45) is -6.47. The fourth-order valence-electron chi connectivity index (χ4n) is 4.10. The molecule has 1 fully saturated rings. The Morgan fingerprint density at radius 2 is 1.71 bits per heavy atom. The van der Waals surface area contributed by atoms with Crippen LogP contribution in [0.5, 0.6) is 11.6 Å². The van der Waals surface area contributed by atoms with Crippen LogP contribution < -0.4 is 9.47 Å². The Hall–Kier alpha value is -4.35. The molecule has 1 atom stereocenters. The number of rotatable bonds is 4. The second-order valence-electron chi connectivity index (χ2n) is 8.65. The van der Waals surface area contributed by atoms with Crippen molar-refractivity contribution in [2.45, 2.75) is 24.6 Å². The normalized spacial score (nSPS) is 17.4. The van der Waals surface area contributed by atoms with Crippen molar-refractivity contribution in [3.8, 4) is 11.6 Å². The molecule has 1 aliphatic heterocycles. The first-order chi connectivity index (χ1) is 18.0. The molecule has 38 heavy (non-hydrogen) atoms. The Balaban J connectivity index is 1.44. The molecular formula is C26H18F5N3O4.